The second-order valence-electron chi connectivity index (χ2n) is 5.02. The van der Waals surface area contributed by atoms with Crippen LogP contribution in [0, 0.1) is 5.41 Å². The quantitative estimate of drug-likeness (QED) is 0.836. The van der Waals surface area contributed by atoms with Gasteiger partial charge in [0.25, 0.3) is 0 Å². The van der Waals surface area contributed by atoms with Crippen LogP contribution >= 0.6 is 0 Å². The maximum absolute atomic E-state index is 11.5. The number of carboxylic acids is 1. The van der Waals surface area contributed by atoms with Gasteiger partial charge in [0.2, 0.25) is 0 Å². The first kappa shape index (κ1) is 12.0. The van der Waals surface area contributed by atoms with E-state index < -0.39 is 5.97 Å². The summed E-state index contributed by atoms with van der Waals surface area (Å²) in [4.78, 5) is 25.1. The SMILES string of the molecule is O=C(O)CC1(Cn2cc[nH]c2=O)CCCCC1. The van der Waals surface area contributed by atoms with Crippen LogP contribution in [0.25, 0.3) is 0 Å². The number of aromatic amines is 1. The van der Waals surface area contributed by atoms with Crippen molar-refractivity contribution < 1.29 is 9.90 Å². The number of nitrogens with one attached hydrogen (secondary N) is 1. The third-order valence-corrected chi connectivity index (χ3v) is 3.67. The molecule has 0 atom stereocenters. The highest BCUT2D eigenvalue weighted by Gasteiger charge is 2.35. The van der Waals surface area contributed by atoms with Crippen molar-refractivity contribution in [3.8, 4) is 0 Å². The zero-order valence-corrected chi connectivity index (χ0v) is 9.82. The highest BCUT2D eigenvalue weighted by Crippen LogP contribution is 2.40. The second kappa shape index (κ2) is 4.77. The zero-order valence-electron chi connectivity index (χ0n) is 9.82. The Kier molecular flexibility index (Phi) is 3.36. The first-order valence-electron chi connectivity index (χ1n) is 6.07. The predicted molar refractivity (Wildman–Crippen MR) is 62.8 cm³/mol. The molecule has 1 heterocycles. The molecule has 1 aromatic rings. The average Bonchev–Trinajstić information content (AvgIpc) is 2.64. The lowest BCUT2D eigenvalue weighted by Gasteiger charge is -2.36. The Morgan fingerprint density at radius 3 is 2.65 bits per heavy atom. The molecule has 0 aliphatic heterocycles. The molecule has 0 aromatic carbocycles. The first-order chi connectivity index (χ1) is 8.11. The van der Waals surface area contributed by atoms with Gasteiger partial charge in [0, 0.05) is 18.9 Å². The molecule has 94 valence electrons. The molecule has 0 bridgehead atoms. The summed E-state index contributed by atoms with van der Waals surface area (Å²) in [6.45, 7) is 0.516. The minimum Gasteiger partial charge on any atom is -0.481 e. The molecule has 2 N–H and O–H groups in total. The number of rotatable bonds is 4. The Bertz CT molecular complexity index is 441. The van der Waals surface area contributed by atoms with Crippen LogP contribution in [0.2, 0.25) is 0 Å². The normalized spacial score (nSPS) is 19.1. The molecule has 1 saturated carbocycles. The van der Waals surface area contributed by atoms with Gasteiger partial charge in [-0.1, -0.05) is 19.3 Å². The van der Waals surface area contributed by atoms with Gasteiger partial charge in [0.05, 0.1) is 6.42 Å². The molecule has 0 spiro atoms. The molecule has 17 heavy (non-hydrogen) atoms. The van der Waals surface area contributed by atoms with Gasteiger partial charge in [-0.25, -0.2) is 4.79 Å². The lowest BCUT2D eigenvalue weighted by Crippen LogP contribution is -2.35. The van der Waals surface area contributed by atoms with Gasteiger partial charge in [-0.2, -0.15) is 0 Å². The minimum absolute atomic E-state index is 0.152. The summed E-state index contributed by atoms with van der Waals surface area (Å²) in [5, 5.41) is 9.03. The van der Waals surface area contributed by atoms with Crippen LogP contribution in [0.15, 0.2) is 17.2 Å². The molecule has 0 radical (unpaired) electrons. The standard InChI is InChI=1S/C12H18N2O3/c15-10(16)8-12(4-2-1-3-5-12)9-14-7-6-13-11(14)17/h6-7H,1-5,8-9H2,(H,13,17)(H,15,16). The Hall–Kier alpha value is -1.52. The van der Waals surface area contributed by atoms with Crippen LogP contribution < -0.4 is 5.69 Å². The molecule has 5 heteroatoms. The average molecular weight is 238 g/mol. The Labute approximate surface area is 99.5 Å². The summed E-state index contributed by atoms with van der Waals surface area (Å²) in [6, 6.07) is 0. The fraction of sp³-hybridized carbons (Fsp3) is 0.667. The molecule has 1 aromatic heterocycles. The summed E-state index contributed by atoms with van der Waals surface area (Å²) in [5.74, 6) is -0.768. The van der Waals surface area contributed by atoms with E-state index in [4.69, 9.17) is 5.11 Å². The predicted octanol–water partition coefficient (Wildman–Crippen LogP) is 1.60. The lowest BCUT2D eigenvalue weighted by atomic mass is 9.71. The minimum atomic E-state index is -0.768. The van der Waals surface area contributed by atoms with Crippen molar-refractivity contribution in [2.75, 3.05) is 0 Å². The van der Waals surface area contributed by atoms with E-state index in [-0.39, 0.29) is 17.5 Å². The summed E-state index contributed by atoms with van der Waals surface area (Å²) >= 11 is 0. The van der Waals surface area contributed by atoms with Crippen LogP contribution in [0.5, 0.6) is 0 Å². The van der Waals surface area contributed by atoms with Crippen molar-refractivity contribution in [2.24, 2.45) is 5.41 Å². The molecular weight excluding hydrogens is 220 g/mol. The second-order valence-corrected chi connectivity index (χ2v) is 5.02. The summed E-state index contributed by atoms with van der Waals surface area (Å²) in [5.41, 5.74) is -0.392. The number of hydrogen-bond donors (Lipinski definition) is 2. The van der Waals surface area contributed by atoms with E-state index >= 15 is 0 Å². The van der Waals surface area contributed by atoms with Gasteiger partial charge in [0.1, 0.15) is 0 Å². The summed E-state index contributed by atoms with van der Waals surface area (Å²) in [7, 11) is 0. The molecule has 0 unspecified atom stereocenters. The highest BCUT2D eigenvalue weighted by molar-refractivity contribution is 5.67. The number of imidazole rings is 1. The third-order valence-electron chi connectivity index (χ3n) is 3.67. The van der Waals surface area contributed by atoms with Crippen molar-refractivity contribution in [3.05, 3.63) is 22.9 Å². The van der Waals surface area contributed by atoms with Crippen molar-refractivity contribution in [2.45, 2.75) is 45.1 Å². The van der Waals surface area contributed by atoms with Crippen LogP contribution in [-0.2, 0) is 11.3 Å². The van der Waals surface area contributed by atoms with E-state index in [1.165, 1.54) is 6.42 Å². The molecule has 5 nitrogen and oxygen atoms in total. The topological polar surface area (TPSA) is 75.1 Å². The fourth-order valence-corrected chi connectivity index (χ4v) is 2.85. The van der Waals surface area contributed by atoms with Crippen molar-refractivity contribution in [1.82, 2.24) is 9.55 Å². The van der Waals surface area contributed by atoms with E-state index in [0.717, 1.165) is 25.7 Å². The number of aliphatic carboxylic acids is 1. The maximum Gasteiger partial charge on any atom is 0.325 e. The van der Waals surface area contributed by atoms with Crippen molar-refractivity contribution in [1.29, 1.82) is 0 Å². The van der Waals surface area contributed by atoms with Crippen LogP contribution in [0.3, 0.4) is 0 Å². The van der Waals surface area contributed by atoms with E-state index in [1.807, 2.05) is 0 Å². The summed E-state index contributed by atoms with van der Waals surface area (Å²) in [6.07, 6.45) is 8.54. The molecule has 1 fully saturated rings. The van der Waals surface area contributed by atoms with Crippen molar-refractivity contribution >= 4 is 5.97 Å². The molecule has 1 aliphatic rings. The fourth-order valence-electron chi connectivity index (χ4n) is 2.85. The number of carboxylic acid groups (broad SMARTS) is 1. The molecule has 0 amide bonds. The third kappa shape index (κ3) is 2.78. The van der Waals surface area contributed by atoms with E-state index in [9.17, 15) is 9.59 Å². The molecular formula is C12H18N2O3. The van der Waals surface area contributed by atoms with Gasteiger partial charge < -0.3 is 10.1 Å². The largest absolute Gasteiger partial charge is 0.481 e. The van der Waals surface area contributed by atoms with Gasteiger partial charge in [-0.3, -0.25) is 9.36 Å². The molecule has 0 saturated heterocycles. The highest BCUT2D eigenvalue weighted by atomic mass is 16.4. The number of nitrogens with zero attached hydrogens (tertiary/aromatic N) is 1. The zero-order chi connectivity index (χ0) is 12.3. The van der Waals surface area contributed by atoms with Gasteiger partial charge >= 0.3 is 11.7 Å². The number of carbonyl (C=O) groups is 1. The van der Waals surface area contributed by atoms with Gasteiger partial charge in [-0.05, 0) is 18.3 Å². The van der Waals surface area contributed by atoms with Gasteiger partial charge in [-0.15, -0.1) is 0 Å². The van der Waals surface area contributed by atoms with Crippen LogP contribution in [0.1, 0.15) is 38.5 Å². The van der Waals surface area contributed by atoms with E-state index in [2.05, 4.69) is 4.98 Å². The Morgan fingerprint density at radius 1 is 1.41 bits per heavy atom. The smallest absolute Gasteiger partial charge is 0.325 e. The monoisotopic (exact) mass is 238 g/mol. The van der Waals surface area contributed by atoms with E-state index in [1.54, 1.807) is 17.0 Å². The molecule has 2 rings (SSSR count). The number of aromatic nitrogens is 2. The van der Waals surface area contributed by atoms with Crippen molar-refractivity contribution in [3.63, 3.8) is 0 Å². The van der Waals surface area contributed by atoms with Gasteiger partial charge in [0.15, 0.2) is 0 Å². The summed E-state index contributed by atoms with van der Waals surface area (Å²) < 4.78 is 1.59. The van der Waals surface area contributed by atoms with Crippen LogP contribution in [0.4, 0.5) is 0 Å². The molecule has 1 aliphatic carbocycles. The Balaban J connectivity index is 2.18. The lowest BCUT2D eigenvalue weighted by molar-refractivity contribution is -0.140. The number of H-pyrrole nitrogens is 1. The maximum atomic E-state index is 11.5. The van der Waals surface area contributed by atoms with Crippen LogP contribution in [-0.4, -0.2) is 20.6 Å². The first-order valence-corrected chi connectivity index (χ1v) is 6.07. The Morgan fingerprint density at radius 2 is 2.12 bits per heavy atom. The van der Waals surface area contributed by atoms with E-state index in [0.29, 0.717) is 6.54 Å². The number of hydrogen-bond acceptors (Lipinski definition) is 2.